The van der Waals surface area contributed by atoms with Gasteiger partial charge in [-0.2, -0.15) is 0 Å². The molecule has 1 heterocycles. The molecule has 0 aromatic carbocycles. The van der Waals surface area contributed by atoms with Crippen LogP contribution in [-0.4, -0.2) is 18.6 Å². The molecule has 1 N–H and O–H groups in total. The third kappa shape index (κ3) is 2.93. The van der Waals surface area contributed by atoms with Crippen LogP contribution in [0.15, 0.2) is 11.1 Å². The molecule has 1 rings (SSSR count). The number of aromatic nitrogens is 1. The van der Waals surface area contributed by atoms with Crippen molar-refractivity contribution in [3.63, 3.8) is 0 Å². The molecule has 0 unspecified atom stereocenters. The van der Waals surface area contributed by atoms with Crippen LogP contribution in [0.4, 0.5) is 0 Å². The summed E-state index contributed by atoms with van der Waals surface area (Å²) >= 11 is 1.71. The predicted octanol–water partition coefficient (Wildman–Crippen LogP) is 2.71. The Bertz CT molecular complexity index is 313. The summed E-state index contributed by atoms with van der Waals surface area (Å²) in [5.41, 5.74) is 4.46. The van der Waals surface area contributed by atoms with Crippen molar-refractivity contribution < 1.29 is 0 Å². The number of nitrogens with zero attached hydrogens (tertiary/aromatic N) is 1. The lowest BCUT2D eigenvalue weighted by Gasteiger charge is -2.10. The van der Waals surface area contributed by atoms with Crippen LogP contribution in [-0.2, 0) is 0 Å². The van der Waals surface area contributed by atoms with Crippen molar-refractivity contribution in [2.45, 2.75) is 20.8 Å². The number of hydrogen-bond donors (Lipinski definition) is 1. The second-order valence-corrected chi connectivity index (χ2v) is 4.59. The Morgan fingerprint density at radius 1 is 1.64 bits per heavy atom. The Morgan fingerprint density at radius 2 is 2.36 bits per heavy atom. The number of likely N-dealkylation sites (N-methyl/N-ethyl adjacent to an activating group) is 1. The molecule has 78 valence electrons. The van der Waals surface area contributed by atoms with Crippen molar-refractivity contribution >= 4 is 17.4 Å². The molecule has 0 atom stereocenters. The van der Waals surface area contributed by atoms with Gasteiger partial charge in [-0.1, -0.05) is 19.4 Å². The fraction of sp³-hybridized carbons (Fsp3) is 0.545. The smallest absolute Gasteiger partial charge is 0.0801 e. The summed E-state index contributed by atoms with van der Waals surface area (Å²) < 4.78 is 0. The van der Waals surface area contributed by atoms with E-state index in [0.29, 0.717) is 5.92 Å². The Balaban J connectivity index is 2.87. The van der Waals surface area contributed by atoms with Gasteiger partial charge in [-0.3, -0.25) is 0 Å². The Morgan fingerprint density at radius 3 is 2.79 bits per heavy atom. The summed E-state index contributed by atoms with van der Waals surface area (Å²) in [6, 6.07) is 0. The summed E-state index contributed by atoms with van der Waals surface area (Å²) in [6.45, 7) is 7.45. The Labute approximate surface area is 90.1 Å². The molecule has 0 radical (unpaired) electrons. The number of nitrogens with one attached hydrogen (secondary N) is 1. The summed E-state index contributed by atoms with van der Waals surface area (Å²) in [6.07, 6.45) is 2.26. The van der Waals surface area contributed by atoms with Crippen LogP contribution < -0.4 is 5.32 Å². The van der Waals surface area contributed by atoms with E-state index in [1.54, 1.807) is 11.3 Å². The first-order valence-corrected chi connectivity index (χ1v) is 5.78. The molecule has 0 aliphatic heterocycles. The maximum Gasteiger partial charge on any atom is 0.0801 e. The van der Waals surface area contributed by atoms with Gasteiger partial charge >= 0.3 is 0 Å². The van der Waals surface area contributed by atoms with Crippen LogP contribution in [0.2, 0.25) is 0 Å². The van der Waals surface area contributed by atoms with E-state index in [9.17, 15) is 0 Å². The zero-order valence-electron chi connectivity index (χ0n) is 9.29. The first-order valence-electron chi connectivity index (χ1n) is 4.90. The maximum absolute atomic E-state index is 4.24. The van der Waals surface area contributed by atoms with E-state index < -0.39 is 0 Å². The van der Waals surface area contributed by atoms with Crippen LogP contribution >= 0.6 is 11.3 Å². The highest BCUT2D eigenvalue weighted by molar-refractivity contribution is 7.10. The molecule has 1 aromatic heterocycles. The first kappa shape index (κ1) is 11.4. The molecular formula is C11H18N2S. The van der Waals surface area contributed by atoms with Crippen molar-refractivity contribution in [2.24, 2.45) is 5.92 Å². The van der Waals surface area contributed by atoms with Crippen molar-refractivity contribution in [1.29, 1.82) is 0 Å². The molecule has 3 heteroatoms. The molecule has 0 saturated carbocycles. The van der Waals surface area contributed by atoms with Gasteiger partial charge in [0.2, 0.25) is 0 Å². The summed E-state index contributed by atoms with van der Waals surface area (Å²) in [7, 11) is 1.98. The normalized spacial score (nSPS) is 12.5. The minimum Gasteiger partial charge on any atom is -0.316 e. The topological polar surface area (TPSA) is 24.9 Å². The monoisotopic (exact) mass is 210 g/mol. The fourth-order valence-corrected chi connectivity index (χ4v) is 2.01. The molecule has 0 spiro atoms. The van der Waals surface area contributed by atoms with E-state index in [1.807, 2.05) is 12.6 Å². The Kier molecular flexibility index (Phi) is 4.29. The first-order chi connectivity index (χ1) is 6.65. The van der Waals surface area contributed by atoms with Crippen LogP contribution in [0.1, 0.15) is 24.4 Å². The van der Waals surface area contributed by atoms with Gasteiger partial charge in [0.1, 0.15) is 0 Å². The highest BCUT2D eigenvalue weighted by Gasteiger charge is 2.04. The van der Waals surface area contributed by atoms with E-state index >= 15 is 0 Å². The quantitative estimate of drug-likeness (QED) is 0.826. The number of rotatable bonds is 4. The lowest BCUT2D eigenvalue weighted by atomic mass is 10.0. The van der Waals surface area contributed by atoms with E-state index in [2.05, 4.69) is 37.1 Å². The minimum atomic E-state index is 0.587. The summed E-state index contributed by atoms with van der Waals surface area (Å²) in [5, 5.41) is 3.20. The van der Waals surface area contributed by atoms with E-state index in [1.165, 1.54) is 10.5 Å². The number of thiazole rings is 1. The predicted molar refractivity (Wildman–Crippen MR) is 63.6 cm³/mol. The average molecular weight is 210 g/mol. The SMILES string of the molecule is CNCC(=Cc1scnc1C)C(C)C. The van der Waals surface area contributed by atoms with Gasteiger partial charge in [-0.25, -0.2) is 4.98 Å². The molecular weight excluding hydrogens is 192 g/mol. The average Bonchev–Trinajstić information content (AvgIpc) is 2.51. The maximum atomic E-state index is 4.24. The van der Waals surface area contributed by atoms with Gasteiger partial charge in [-0.05, 0) is 26.0 Å². The highest BCUT2D eigenvalue weighted by Crippen LogP contribution is 2.19. The molecule has 0 aliphatic rings. The third-order valence-electron chi connectivity index (χ3n) is 2.22. The van der Waals surface area contributed by atoms with Gasteiger partial charge < -0.3 is 5.32 Å². The van der Waals surface area contributed by atoms with Crippen molar-refractivity contribution in [2.75, 3.05) is 13.6 Å². The van der Waals surface area contributed by atoms with Gasteiger partial charge in [0.15, 0.2) is 0 Å². The molecule has 0 aliphatic carbocycles. The lowest BCUT2D eigenvalue weighted by molar-refractivity contribution is 0.713. The third-order valence-corrected chi connectivity index (χ3v) is 3.10. The lowest BCUT2D eigenvalue weighted by Crippen LogP contribution is -2.13. The minimum absolute atomic E-state index is 0.587. The number of aryl methyl sites for hydroxylation is 1. The van der Waals surface area contributed by atoms with Crippen LogP contribution in [0.3, 0.4) is 0 Å². The van der Waals surface area contributed by atoms with Gasteiger partial charge in [0, 0.05) is 11.4 Å². The van der Waals surface area contributed by atoms with Gasteiger partial charge in [0.25, 0.3) is 0 Å². The van der Waals surface area contributed by atoms with Crippen molar-refractivity contribution in [3.05, 3.63) is 21.7 Å². The van der Waals surface area contributed by atoms with Crippen molar-refractivity contribution in [1.82, 2.24) is 10.3 Å². The van der Waals surface area contributed by atoms with Gasteiger partial charge in [-0.15, -0.1) is 11.3 Å². The second-order valence-electron chi connectivity index (χ2n) is 3.71. The number of hydrogen-bond acceptors (Lipinski definition) is 3. The summed E-state index contributed by atoms with van der Waals surface area (Å²) in [5.74, 6) is 0.587. The fourth-order valence-electron chi connectivity index (χ4n) is 1.24. The zero-order valence-corrected chi connectivity index (χ0v) is 10.1. The van der Waals surface area contributed by atoms with Crippen LogP contribution in [0.5, 0.6) is 0 Å². The second kappa shape index (κ2) is 5.27. The standard InChI is InChI=1S/C11H18N2S/c1-8(2)10(6-12-4)5-11-9(3)13-7-14-11/h5,7-8,12H,6H2,1-4H3. The molecule has 2 nitrogen and oxygen atoms in total. The molecule has 0 saturated heterocycles. The van der Waals surface area contributed by atoms with Gasteiger partial charge in [0.05, 0.1) is 11.2 Å². The molecule has 0 fully saturated rings. The molecule has 14 heavy (non-hydrogen) atoms. The Hall–Kier alpha value is -0.670. The van der Waals surface area contributed by atoms with E-state index in [4.69, 9.17) is 0 Å². The molecule has 0 amide bonds. The molecule has 0 bridgehead atoms. The van der Waals surface area contributed by atoms with Crippen LogP contribution in [0, 0.1) is 12.8 Å². The van der Waals surface area contributed by atoms with E-state index in [0.717, 1.165) is 12.2 Å². The van der Waals surface area contributed by atoms with Crippen molar-refractivity contribution in [3.8, 4) is 0 Å². The largest absolute Gasteiger partial charge is 0.316 e. The zero-order chi connectivity index (χ0) is 10.6. The van der Waals surface area contributed by atoms with Crippen LogP contribution in [0.25, 0.3) is 6.08 Å². The molecule has 1 aromatic rings. The van der Waals surface area contributed by atoms with E-state index in [-0.39, 0.29) is 0 Å². The summed E-state index contributed by atoms with van der Waals surface area (Å²) in [4.78, 5) is 5.52. The highest BCUT2D eigenvalue weighted by atomic mass is 32.1.